The van der Waals surface area contributed by atoms with Crippen molar-refractivity contribution in [3.63, 3.8) is 0 Å². The molecule has 8 heteroatoms. The molecule has 2 aromatic heterocycles. The van der Waals surface area contributed by atoms with E-state index in [9.17, 15) is 13.6 Å². The molecule has 0 spiro atoms. The van der Waals surface area contributed by atoms with Crippen LogP contribution in [0.5, 0.6) is 5.75 Å². The van der Waals surface area contributed by atoms with Gasteiger partial charge >= 0.3 is 0 Å². The van der Waals surface area contributed by atoms with E-state index in [-0.39, 0.29) is 18.6 Å². The van der Waals surface area contributed by atoms with Crippen molar-refractivity contribution in [2.45, 2.75) is 32.2 Å². The van der Waals surface area contributed by atoms with Crippen LogP contribution in [0.3, 0.4) is 0 Å². The van der Waals surface area contributed by atoms with Crippen LogP contribution in [0.1, 0.15) is 25.3 Å². The van der Waals surface area contributed by atoms with Crippen molar-refractivity contribution in [2.75, 3.05) is 20.2 Å². The number of piperidine rings is 1. The third-order valence-electron chi connectivity index (χ3n) is 6.37. The van der Waals surface area contributed by atoms with Crippen molar-refractivity contribution in [2.24, 2.45) is 13.0 Å². The van der Waals surface area contributed by atoms with Gasteiger partial charge in [-0.25, -0.2) is 8.78 Å². The van der Waals surface area contributed by atoms with Crippen LogP contribution >= 0.6 is 11.6 Å². The van der Waals surface area contributed by atoms with Gasteiger partial charge in [-0.3, -0.25) is 14.7 Å². The molecule has 3 aromatic rings. The van der Waals surface area contributed by atoms with Gasteiger partial charge in [-0.1, -0.05) is 18.5 Å². The summed E-state index contributed by atoms with van der Waals surface area (Å²) in [7, 11) is 3.23. The molecule has 1 fully saturated rings. The van der Waals surface area contributed by atoms with Crippen molar-refractivity contribution >= 4 is 22.4 Å². The molecule has 0 aliphatic carbocycles. The Hall–Kier alpha value is -2.51. The second kappa shape index (κ2) is 8.79. The average molecular weight is 462 g/mol. The molecule has 0 N–H and O–H groups in total. The number of hydrogen-bond donors (Lipinski definition) is 0. The van der Waals surface area contributed by atoms with Crippen LogP contribution in [0, 0.1) is 5.92 Å². The number of nitrogens with zero attached hydrogens (tertiary/aromatic N) is 3. The van der Waals surface area contributed by atoms with Gasteiger partial charge in [0.2, 0.25) is 0 Å². The van der Waals surface area contributed by atoms with Gasteiger partial charge in [-0.15, -0.1) is 0 Å². The number of pyridine rings is 2. The maximum Gasteiger partial charge on any atom is 0.263 e. The fourth-order valence-corrected chi connectivity index (χ4v) is 4.83. The molecule has 1 atom stereocenters. The van der Waals surface area contributed by atoms with E-state index >= 15 is 0 Å². The first kappa shape index (κ1) is 22.7. The molecule has 3 heterocycles. The first-order chi connectivity index (χ1) is 15.2. The third-order valence-corrected chi connectivity index (χ3v) is 6.71. The zero-order valence-electron chi connectivity index (χ0n) is 18.4. The highest BCUT2D eigenvalue weighted by Crippen LogP contribution is 2.39. The highest BCUT2D eigenvalue weighted by atomic mass is 35.5. The molecule has 1 aliphatic rings. The Morgan fingerprint density at radius 2 is 2.09 bits per heavy atom. The molecule has 4 rings (SSSR count). The van der Waals surface area contributed by atoms with Crippen molar-refractivity contribution in [3.8, 4) is 16.9 Å². The van der Waals surface area contributed by atoms with Crippen LogP contribution in [0.25, 0.3) is 21.9 Å². The number of aromatic nitrogens is 2. The molecule has 1 saturated heterocycles. The Morgan fingerprint density at radius 3 is 2.78 bits per heavy atom. The number of likely N-dealkylation sites (tertiary alicyclic amines) is 1. The molecule has 5 nitrogen and oxygen atoms in total. The van der Waals surface area contributed by atoms with Gasteiger partial charge in [-0.05, 0) is 48.5 Å². The Morgan fingerprint density at radius 1 is 1.31 bits per heavy atom. The normalized spacial score (nSPS) is 18.8. The summed E-state index contributed by atoms with van der Waals surface area (Å²) in [5.74, 6) is -2.76. The first-order valence-electron chi connectivity index (χ1n) is 10.7. The summed E-state index contributed by atoms with van der Waals surface area (Å²) in [6.45, 7) is 2.40. The van der Waals surface area contributed by atoms with Crippen LogP contribution in [-0.4, -0.2) is 40.6 Å². The topological polar surface area (TPSA) is 47.4 Å². The minimum absolute atomic E-state index is 0.136. The standard InChI is InChI=1S/C24H26ClF2N3O2/c1-4-16-6-8-30(14-24(16,26)27)13-20-21(25)9-15(10-22(20)32-3)19-12-29(2)23(31)18-11-28-7-5-17(18)19/h5,7,9-12,16H,4,6,8,13-14H2,1-3H3. The second-order valence-electron chi connectivity index (χ2n) is 8.38. The highest BCUT2D eigenvalue weighted by Gasteiger charge is 2.43. The van der Waals surface area contributed by atoms with Gasteiger partial charge in [0.05, 0.1) is 19.0 Å². The monoisotopic (exact) mass is 461 g/mol. The lowest BCUT2D eigenvalue weighted by atomic mass is 9.90. The lowest BCUT2D eigenvalue weighted by Crippen LogP contribution is -2.47. The van der Waals surface area contributed by atoms with E-state index in [0.29, 0.717) is 41.1 Å². The number of hydrogen-bond acceptors (Lipinski definition) is 4. The average Bonchev–Trinajstić information content (AvgIpc) is 2.77. The van der Waals surface area contributed by atoms with Crippen LogP contribution in [0.4, 0.5) is 8.78 Å². The smallest absolute Gasteiger partial charge is 0.263 e. The summed E-state index contributed by atoms with van der Waals surface area (Å²) in [6.07, 6.45) is 5.88. The number of rotatable bonds is 5. The zero-order valence-corrected chi connectivity index (χ0v) is 19.1. The number of halogens is 3. The van der Waals surface area contributed by atoms with Crippen molar-refractivity contribution in [1.29, 1.82) is 0 Å². The number of aryl methyl sites for hydroxylation is 1. The van der Waals surface area contributed by atoms with E-state index in [1.807, 2.05) is 13.0 Å². The number of ether oxygens (including phenoxy) is 1. The second-order valence-corrected chi connectivity index (χ2v) is 8.79. The Bertz CT molecular complexity index is 1210. The number of benzene rings is 1. The number of alkyl halides is 2. The Kier molecular flexibility index (Phi) is 6.23. The van der Waals surface area contributed by atoms with Crippen molar-refractivity contribution in [3.05, 3.63) is 57.7 Å². The number of methoxy groups -OCH3 is 1. The predicted molar refractivity (Wildman–Crippen MR) is 123 cm³/mol. The maximum absolute atomic E-state index is 14.5. The lowest BCUT2D eigenvalue weighted by Gasteiger charge is -2.38. The molecular formula is C24H26ClF2N3O2. The van der Waals surface area contributed by atoms with E-state index in [1.165, 1.54) is 4.57 Å². The summed E-state index contributed by atoms with van der Waals surface area (Å²) in [4.78, 5) is 18.3. The fraction of sp³-hybridized carbons (Fsp3) is 0.417. The minimum atomic E-state index is -2.71. The molecule has 1 aliphatic heterocycles. The molecule has 1 unspecified atom stereocenters. The molecule has 32 heavy (non-hydrogen) atoms. The van der Waals surface area contributed by atoms with Gasteiger partial charge in [0.15, 0.2) is 0 Å². The third kappa shape index (κ3) is 4.11. The lowest BCUT2D eigenvalue weighted by molar-refractivity contribution is -0.113. The Balaban J connectivity index is 1.72. The number of fused-ring (bicyclic) bond motifs is 1. The van der Waals surface area contributed by atoms with E-state index in [0.717, 1.165) is 16.5 Å². The fourth-order valence-electron chi connectivity index (χ4n) is 4.56. The van der Waals surface area contributed by atoms with Crippen LogP contribution in [0.2, 0.25) is 5.02 Å². The maximum atomic E-state index is 14.5. The van der Waals surface area contributed by atoms with Crippen LogP contribution in [-0.2, 0) is 13.6 Å². The molecule has 0 saturated carbocycles. The predicted octanol–water partition coefficient (Wildman–Crippen LogP) is 5.13. The summed E-state index contributed by atoms with van der Waals surface area (Å²) >= 11 is 6.66. The molecule has 0 radical (unpaired) electrons. The summed E-state index contributed by atoms with van der Waals surface area (Å²) in [5.41, 5.74) is 2.13. The molecular weight excluding hydrogens is 436 g/mol. The largest absolute Gasteiger partial charge is 0.496 e. The molecule has 0 amide bonds. The molecule has 1 aromatic carbocycles. The summed E-state index contributed by atoms with van der Waals surface area (Å²) < 4.78 is 36.1. The van der Waals surface area contributed by atoms with Gasteiger partial charge in [0.25, 0.3) is 11.5 Å². The SMILES string of the molecule is CCC1CCN(Cc2c(Cl)cc(-c3cn(C)c(=O)c4cnccc34)cc2OC)CC1(F)F. The van der Waals surface area contributed by atoms with Crippen molar-refractivity contribution in [1.82, 2.24) is 14.5 Å². The quantitative estimate of drug-likeness (QED) is 0.528. The minimum Gasteiger partial charge on any atom is -0.496 e. The summed E-state index contributed by atoms with van der Waals surface area (Å²) in [5, 5.41) is 1.71. The molecule has 170 valence electrons. The van der Waals surface area contributed by atoms with E-state index < -0.39 is 11.8 Å². The van der Waals surface area contributed by atoms with Gasteiger partial charge in [0, 0.05) is 54.3 Å². The van der Waals surface area contributed by atoms with Crippen molar-refractivity contribution < 1.29 is 13.5 Å². The highest BCUT2D eigenvalue weighted by molar-refractivity contribution is 6.32. The van der Waals surface area contributed by atoms with E-state index in [4.69, 9.17) is 16.3 Å². The first-order valence-corrected chi connectivity index (χ1v) is 11.0. The van der Waals surface area contributed by atoms with Crippen LogP contribution < -0.4 is 10.3 Å². The Labute approximate surface area is 190 Å². The van der Waals surface area contributed by atoms with Gasteiger partial charge < -0.3 is 9.30 Å². The zero-order chi connectivity index (χ0) is 23.0. The van der Waals surface area contributed by atoms with E-state index in [1.54, 1.807) is 49.8 Å². The van der Waals surface area contributed by atoms with E-state index in [2.05, 4.69) is 4.98 Å². The van der Waals surface area contributed by atoms with Gasteiger partial charge in [0.1, 0.15) is 5.75 Å². The van der Waals surface area contributed by atoms with Crippen LogP contribution in [0.15, 0.2) is 41.6 Å². The molecule has 0 bridgehead atoms. The van der Waals surface area contributed by atoms with Gasteiger partial charge in [-0.2, -0.15) is 0 Å². The summed E-state index contributed by atoms with van der Waals surface area (Å²) in [6, 6.07) is 5.44.